The highest BCUT2D eigenvalue weighted by Gasteiger charge is 2.65. The summed E-state index contributed by atoms with van der Waals surface area (Å²) in [5.74, 6) is 1.34. The third-order valence-electron chi connectivity index (χ3n) is 5.86. The van der Waals surface area contributed by atoms with Gasteiger partial charge in [-0.1, -0.05) is 42.5 Å². The minimum Gasteiger partial charge on any atom is -0.497 e. The minimum atomic E-state index is -0.864. The normalized spacial score (nSPS) is 31.3. The van der Waals surface area contributed by atoms with Crippen molar-refractivity contribution < 1.29 is 14.3 Å². The number of aliphatic imine (C=N–C) groups is 1. The molecule has 0 amide bonds. The number of carbonyl (C=O) groups excluding carboxylic acids is 1. The number of methoxy groups -OCH3 is 1. The second kappa shape index (κ2) is 5.56. The van der Waals surface area contributed by atoms with Crippen LogP contribution < -0.4 is 4.74 Å². The maximum Gasteiger partial charge on any atom is 0.342 e. The van der Waals surface area contributed by atoms with E-state index < -0.39 is 5.54 Å². The molecule has 2 aromatic rings. The van der Waals surface area contributed by atoms with Crippen LogP contribution in [0.2, 0.25) is 0 Å². The molecule has 2 bridgehead atoms. The van der Waals surface area contributed by atoms with Crippen molar-refractivity contribution >= 4 is 11.9 Å². The van der Waals surface area contributed by atoms with Crippen molar-refractivity contribution in [2.75, 3.05) is 7.11 Å². The number of nitrogens with zero attached hydrogens (tertiary/aromatic N) is 1. The summed E-state index contributed by atoms with van der Waals surface area (Å²) in [6.45, 7) is 0. The third-order valence-corrected chi connectivity index (χ3v) is 5.86. The van der Waals surface area contributed by atoms with E-state index in [9.17, 15) is 4.79 Å². The number of fused-ring (bicyclic) bond motifs is 3. The summed E-state index contributed by atoms with van der Waals surface area (Å²) in [6.07, 6.45) is 5.30. The molecule has 0 N–H and O–H groups in total. The number of benzene rings is 2. The molecule has 1 fully saturated rings. The van der Waals surface area contributed by atoms with Gasteiger partial charge in [-0.3, -0.25) is 0 Å². The SMILES string of the molecule is COc1cccc([C@H]2[C@H]3C=C[C@H](C3)[C@@]23N=C(c2ccccc2)OC3=O)c1. The van der Waals surface area contributed by atoms with Crippen molar-refractivity contribution in [3.05, 3.63) is 77.9 Å². The van der Waals surface area contributed by atoms with Gasteiger partial charge in [0.05, 0.1) is 7.11 Å². The second-order valence-electron chi connectivity index (χ2n) is 7.14. The van der Waals surface area contributed by atoms with Crippen LogP contribution in [0.25, 0.3) is 0 Å². The molecule has 3 aliphatic rings. The molecule has 0 aromatic heterocycles. The van der Waals surface area contributed by atoms with E-state index >= 15 is 0 Å². The quantitative estimate of drug-likeness (QED) is 0.629. The largest absolute Gasteiger partial charge is 0.497 e. The second-order valence-corrected chi connectivity index (χ2v) is 7.14. The molecule has 1 heterocycles. The zero-order valence-electron chi connectivity index (χ0n) is 14.5. The van der Waals surface area contributed by atoms with Gasteiger partial charge in [-0.05, 0) is 42.2 Å². The van der Waals surface area contributed by atoms with E-state index in [0.29, 0.717) is 11.8 Å². The summed E-state index contributed by atoms with van der Waals surface area (Å²) >= 11 is 0. The lowest BCUT2D eigenvalue weighted by Gasteiger charge is -2.32. The topological polar surface area (TPSA) is 47.9 Å². The lowest BCUT2D eigenvalue weighted by Crippen LogP contribution is -2.44. The van der Waals surface area contributed by atoms with Gasteiger partial charge in [0.1, 0.15) is 5.75 Å². The summed E-state index contributed by atoms with van der Waals surface area (Å²) < 4.78 is 11.1. The Labute approximate surface area is 152 Å². The standard InChI is InChI=1S/C22H19NO3/c1-25-18-9-5-8-15(13-18)19-16-10-11-17(12-16)22(19)21(24)26-20(23-22)14-6-3-2-4-7-14/h2-11,13,16-17,19H,12H2,1H3/t16-,17+,19-,22+/m0/s1. The fourth-order valence-electron chi connectivity index (χ4n) is 4.74. The summed E-state index contributed by atoms with van der Waals surface area (Å²) in [7, 11) is 1.66. The molecule has 26 heavy (non-hydrogen) atoms. The van der Waals surface area contributed by atoms with Crippen molar-refractivity contribution in [2.24, 2.45) is 16.8 Å². The Kier molecular flexibility index (Phi) is 3.29. The van der Waals surface area contributed by atoms with E-state index in [1.54, 1.807) is 7.11 Å². The molecule has 1 spiro atoms. The number of rotatable bonds is 3. The van der Waals surface area contributed by atoms with Crippen molar-refractivity contribution in [2.45, 2.75) is 17.9 Å². The number of ether oxygens (including phenoxy) is 2. The molecular formula is C22H19NO3. The molecule has 4 nitrogen and oxygen atoms in total. The van der Waals surface area contributed by atoms with E-state index in [-0.39, 0.29) is 17.8 Å². The molecule has 4 heteroatoms. The molecule has 1 aliphatic heterocycles. The van der Waals surface area contributed by atoms with E-state index in [1.807, 2.05) is 48.5 Å². The smallest absolute Gasteiger partial charge is 0.342 e. The predicted octanol–water partition coefficient (Wildman–Crippen LogP) is 3.73. The van der Waals surface area contributed by atoms with E-state index in [1.165, 1.54) is 0 Å². The number of allylic oxidation sites excluding steroid dienone is 1. The first-order valence-corrected chi connectivity index (χ1v) is 8.92. The van der Waals surface area contributed by atoms with Gasteiger partial charge in [-0.25, -0.2) is 9.79 Å². The predicted molar refractivity (Wildman–Crippen MR) is 98.3 cm³/mol. The highest BCUT2D eigenvalue weighted by Crippen LogP contribution is 2.59. The van der Waals surface area contributed by atoms with Crippen LogP contribution >= 0.6 is 0 Å². The first-order chi connectivity index (χ1) is 12.7. The Morgan fingerprint density at radius 2 is 1.96 bits per heavy atom. The van der Waals surface area contributed by atoms with Crippen molar-refractivity contribution in [3.8, 4) is 5.75 Å². The maximum absolute atomic E-state index is 13.1. The Bertz CT molecular complexity index is 933. The van der Waals surface area contributed by atoms with Gasteiger partial charge >= 0.3 is 5.97 Å². The van der Waals surface area contributed by atoms with Crippen LogP contribution in [0.5, 0.6) is 5.75 Å². The van der Waals surface area contributed by atoms with Gasteiger partial charge in [-0.2, -0.15) is 0 Å². The average Bonchev–Trinajstić information content (AvgIpc) is 3.37. The Morgan fingerprint density at radius 3 is 2.77 bits per heavy atom. The zero-order valence-corrected chi connectivity index (χ0v) is 14.5. The lowest BCUT2D eigenvalue weighted by molar-refractivity contribution is -0.140. The Morgan fingerprint density at radius 1 is 1.12 bits per heavy atom. The van der Waals surface area contributed by atoms with Crippen LogP contribution in [0.4, 0.5) is 0 Å². The van der Waals surface area contributed by atoms with Crippen LogP contribution in [-0.4, -0.2) is 24.5 Å². The fraction of sp³-hybridized carbons (Fsp3) is 0.273. The minimum absolute atomic E-state index is 0.0266. The molecular weight excluding hydrogens is 326 g/mol. The summed E-state index contributed by atoms with van der Waals surface area (Å²) in [5, 5.41) is 0. The summed E-state index contributed by atoms with van der Waals surface area (Å²) in [6, 6.07) is 17.6. The van der Waals surface area contributed by atoms with Gasteiger partial charge in [-0.15, -0.1) is 0 Å². The first-order valence-electron chi connectivity index (χ1n) is 8.92. The van der Waals surface area contributed by atoms with E-state index in [4.69, 9.17) is 14.5 Å². The Hall–Kier alpha value is -2.88. The number of esters is 1. The highest BCUT2D eigenvalue weighted by atomic mass is 16.6. The summed E-state index contributed by atoms with van der Waals surface area (Å²) in [4.78, 5) is 18.0. The molecule has 2 aromatic carbocycles. The third kappa shape index (κ3) is 2.02. The van der Waals surface area contributed by atoms with E-state index in [0.717, 1.165) is 23.3 Å². The van der Waals surface area contributed by atoms with Crippen molar-refractivity contribution in [1.29, 1.82) is 0 Å². The molecule has 5 rings (SSSR count). The van der Waals surface area contributed by atoms with Crippen molar-refractivity contribution in [3.63, 3.8) is 0 Å². The Balaban J connectivity index is 1.65. The lowest BCUT2D eigenvalue weighted by atomic mass is 9.73. The fourth-order valence-corrected chi connectivity index (χ4v) is 4.74. The number of hydrogen-bond donors (Lipinski definition) is 0. The highest BCUT2D eigenvalue weighted by molar-refractivity contribution is 6.09. The first kappa shape index (κ1) is 15.4. The summed E-state index contributed by atoms with van der Waals surface area (Å²) in [5.41, 5.74) is 1.06. The van der Waals surface area contributed by atoms with Gasteiger partial charge in [0.2, 0.25) is 5.90 Å². The van der Waals surface area contributed by atoms with Crippen molar-refractivity contribution in [1.82, 2.24) is 0 Å². The van der Waals surface area contributed by atoms with E-state index in [2.05, 4.69) is 18.2 Å². The zero-order chi connectivity index (χ0) is 17.7. The van der Waals surface area contributed by atoms with Crippen LogP contribution in [0.1, 0.15) is 23.5 Å². The van der Waals surface area contributed by atoms with Crippen LogP contribution in [-0.2, 0) is 9.53 Å². The van der Waals surface area contributed by atoms with Crippen LogP contribution in [0.15, 0.2) is 71.7 Å². The number of hydrogen-bond acceptors (Lipinski definition) is 4. The molecule has 2 aliphatic carbocycles. The van der Waals surface area contributed by atoms with Crippen LogP contribution in [0, 0.1) is 11.8 Å². The molecule has 130 valence electrons. The molecule has 0 saturated heterocycles. The number of carbonyl (C=O) groups is 1. The maximum atomic E-state index is 13.1. The monoisotopic (exact) mass is 345 g/mol. The van der Waals surface area contributed by atoms with Gasteiger partial charge in [0, 0.05) is 17.4 Å². The average molecular weight is 345 g/mol. The molecule has 4 atom stereocenters. The molecule has 0 unspecified atom stereocenters. The molecule has 1 saturated carbocycles. The van der Waals surface area contributed by atoms with Gasteiger partial charge in [0.25, 0.3) is 0 Å². The van der Waals surface area contributed by atoms with Gasteiger partial charge in [0.15, 0.2) is 5.54 Å². The number of cyclic esters (lactones) is 1. The molecule has 0 radical (unpaired) electrons. The van der Waals surface area contributed by atoms with Crippen LogP contribution in [0.3, 0.4) is 0 Å². The van der Waals surface area contributed by atoms with Gasteiger partial charge < -0.3 is 9.47 Å².